The number of aromatic amines is 1. The Bertz CT molecular complexity index is 624. The van der Waals surface area contributed by atoms with E-state index in [1.807, 2.05) is 0 Å². The molecular formula is C13H16FN3O2S. The van der Waals surface area contributed by atoms with Gasteiger partial charge < -0.3 is 4.98 Å². The van der Waals surface area contributed by atoms with E-state index in [-0.39, 0.29) is 11.6 Å². The molecule has 0 aliphatic carbocycles. The van der Waals surface area contributed by atoms with Gasteiger partial charge in [0.25, 0.3) is 0 Å². The number of hydrogen-bond acceptors (Lipinski definition) is 3. The van der Waals surface area contributed by atoms with Gasteiger partial charge in [-0.2, -0.15) is 0 Å². The Morgan fingerprint density at radius 3 is 2.65 bits per heavy atom. The fourth-order valence-electron chi connectivity index (χ4n) is 1.77. The highest BCUT2D eigenvalue weighted by molar-refractivity contribution is 7.88. The van der Waals surface area contributed by atoms with Crippen molar-refractivity contribution in [1.82, 2.24) is 14.7 Å². The van der Waals surface area contributed by atoms with Crippen molar-refractivity contribution in [1.29, 1.82) is 0 Å². The molecule has 7 heteroatoms. The zero-order valence-corrected chi connectivity index (χ0v) is 11.7. The first-order valence-corrected chi connectivity index (χ1v) is 7.90. The zero-order valence-electron chi connectivity index (χ0n) is 10.8. The van der Waals surface area contributed by atoms with Gasteiger partial charge in [0, 0.05) is 25.4 Å². The van der Waals surface area contributed by atoms with Crippen molar-refractivity contribution in [3.63, 3.8) is 0 Å². The third kappa shape index (κ3) is 4.75. The summed E-state index contributed by atoms with van der Waals surface area (Å²) in [5, 5.41) is 0. The quantitative estimate of drug-likeness (QED) is 0.762. The van der Waals surface area contributed by atoms with Crippen LogP contribution in [-0.2, 0) is 22.2 Å². The van der Waals surface area contributed by atoms with Gasteiger partial charge in [-0.05, 0) is 24.1 Å². The number of aromatic nitrogens is 2. The van der Waals surface area contributed by atoms with Gasteiger partial charge in [-0.3, -0.25) is 0 Å². The standard InChI is InChI=1S/C13H16FN3O2S/c14-12-5-3-11(4-6-12)10-20(18,19)17-7-1-2-13-15-8-9-16-13/h3-6,8-9,17H,1-2,7,10H2,(H,15,16). The predicted octanol–water partition coefficient (Wildman–Crippen LogP) is 1.60. The summed E-state index contributed by atoms with van der Waals surface area (Å²) < 4.78 is 38.9. The summed E-state index contributed by atoms with van der Waals surface area (Å²) in [5.74, 6) is 0.314. The molecule has 0 fully saturated rings. The molecule has 2 N–H and O–H groups in total. The van der Waals surface area contributed by atoms with Crippen LogP contribution in [0.15, 0.2) is 36.7 Å². The van der Waals surface area contributed by atoms with Crippen LogP contribution < -0.4 is 4.72 Å². The molecule has 20 heavy (non-hydrogen) atoms. The molecule has 0 aliphatic heterocycles. The van der Waals surface area contributed by atoms with Crippen LogP contribution in [0.2, 0.25) is 0 Å². The van der Waals surface area contributed by atoms with E-state index in [9.17, 15) is 12.8 Å². The molecule has 0 unspecified atom stereocenters. The number of halogens is 1. The maximum Gasteiger partial charge on any atom is 0.215 e. The number of benzene rings is 1. The molecule has 0 aliphatic rings. The average molecular weight is 297 g/mol. The van der Waals surface area contributed by atoms with E-state index in [1.165, 1.54) is 24.3 Å². The SMILES string of the molecule is O=S(=O)(Cc1ccc(F)cc1)NCCCc1ncc[nH]1. The van der Waals surface area contributed by atoms with Crippen molar-refractivity contribution in [2.45, 2.75) is 18.6 Å². The topological polar surface area (TPSA) is 74.8 Å². The van der Waals surface area contributed by atoms with Crippen LogP contribution in [0.25, 0.3) is 0 Å². The van der Waals surface area contributed by atoms with Crippen LogP contribution in [0.4, 0.5) is 4.39 Å². The number of sulfonamides is 1. The minimum atomic E-state index is -3.39. The van der Waals surface area contributed by atoms with E-state index in [4.69, 9.17) is 0 Å². The Morgan fingerprint density at radius 2 is 2.00 bits per heavy atom. The molecule has 0 saturated carbocycles. The molecule has 5 nitrogen and oxygen atoms in total. The summed E-state index contributed by atoms with van der Waals surface area (Å²) in [6.07, 6.45) is 4.74. The van der Waals surface area contributed by atoms with Gasteiger partial charge in [0.15, 0.2) is 0 Å². The Hall–Kier alpha value is -1.73. The predicted molar refractivity (Wildman–Crippen MR) is 73.9 cm³/mol. The van der Waals surface area contributed by atoms with Crippen LogP contribution in [0.3, 0.4) is 0 Å². The van der Waals surface area contributed by atoms with Crippen molar-refractivity contribution in [3.05, 3.63) is 53.9 Å². The smallest absolute Gasteiger partial charge is 0.215 e. The van der Waals surface area contributed by atoms with E-state index in [0.717, 1.165) is 5.82 Å². The molecule has 0 bridgehead atoms. The third-order valence-corrected chi connectivity index (χ3v) is 4.09. The van der Waals surface area contributed by atoms with E-state index in [1.54, 1.807) is 12.4 Å². The maximum atomic E-state index is 12.7. The van der Waals surface area contributed by atoms with Gasteiger partial charge in [-0.25, -0.2) is 22.5 Å². The molecule has 108 valence electrons. The monoisotopic (exact) mass is 297 g/mol. The zero-order chi connectivity index (χ0) is 14.4. The molecule has 0 amide bonds. The van der Waals surface area contributed by atoms with Crippen LogP contribution in [0.5, 0.6) is 0 Å². The summed E-state index contributed by atoms with van der Waals surface area (Å²) in [4.78, 5) is 7.01. The molecular weight excluding hydrogens is 281 g/mol. The number of nitrogens with one attached hydrogen (secondary N) is 2. The number of nitrogens with zero attached hydrogens (tertiary/aromatic N) is 1. The van der Waals surface area contributed by atoms with E-state index in [2.05, 4.69) is 14.7 Å². The lowest BCUT2D eigenvalue weighted by molar-refractivity contribution is 0.577. The summed E-state index contributed by atoms with van der Waals surface area (Å²) in [5.41, 5.74) is 0.560. The molecule has 0 spiro atoms. The Kier molecular flexibility index (Phi) is 4.86. The first kappa shape index (κ1) is 14.7. The highest BCUT2D eigenvalue weighted by Crippen LogP contribution is 2.06. The van der Waals surface area contributed by atoms with Gasteiger partial charge in [-0.15, -0.1) is 0 Å². The summed E-state index contributed by atoms with van der Waals surface area (Å²) >= 11 is 0. The van der Waals surface area contributed by atoms with E-state index < -0.39 is 10.0 Å². The second-order valence-corrected chi connectivity index (χ2v) is 6.23. The van der Waals surface area contributed by atoms with Crippen molar-refractivity contribution in [2.75, 3.05) is 6.54 Å². The van der Waals surface area contributed by atoms with Gasteiger partial charge in [0.1, 0.15) is 11.6 Å². The Labute approximate surface area is 117 Å². The second-order valence-electron chi connectivity index (χ2n) is 4.42. The van der Waals surface area contributed by atoms with E-state index >= 15 is 0 Å². The largest absolute Gasteiger partial charge is 0.349 e. The van der Waals surface area contributed by atoms with Gasteiger partial charge in [0.2, 0.25) is 10.0 Å². The fraction of sp³-hybridized carbons (Fsp3) is 0.308. The number of hydrogen-bond donors (Lipinski definition) is 2. The fourth-order valence-corrected chi connectivity index (χ4v) is 2.96. The highest BCUT2D eigenvalue weighted by atomic mass is 32.2. The van der Waals surface area contributed by atoms with Crippen molar-refractivity contribution in [2.24, 2.45) is 0 Å². The number of imidazole rings is 1. The lowest BCUT2D eigenvalue weighted by Crippen LogP contribution is -2.26. The first-order chi connectivity index (χ1) is 9.55. The molecule has 0 radical (unpaired) electrons. The summed E-state index contributed by atoms with van der Waals surface area (Å²) in [6.45, 7) is 0.351. The number of aryl methyl sites for hydroxylation is 1. The Balaban J connectivity index is 1.77. The molecule has 2 rings (SSSR count). The second kappa shape index (κ2) is 6.62. The van der Waals surface area contributed by atoms with Gasteiger partial charge in [-0.1, -0.05) is 12.1 Å². The molecule has 0 atom stereocenters. The van der Waals surface area contributed by atoms with Gasteiger partial charge in [0.05, 0.1) is 5.75 Å². The first-order valence-electron chi connectivity index (χ1n) is 6.25. The Morgan fingerprint density at radius 1 is 1.25 bits per heavy atom. The molecule has 2 aromatic rings. The van der Waals surface area contributed by atoms with Crippen molar-refractivity contribution >= 4 is 10.0 Å². The van der Waals surface area contributed by atoms with E-state index in [0.29, 0.717) is 24.9 Å². The minimum absolute atomic E-state index is 0.145. The highest BCUT2D eigenvalue weighted by Gasteiger charge is 2.10. The maximum absolute atomic E-state index is 12.7. The molecule has 1 aromatic heterocycles. The van der Waals surface area contributed by atoms with Crippen molar-refractivity contribution < 1.29 is 12.8 Å². The lowest BCUT2D eigenvalue weighted by Gasteiger charge is -2.06. The summed E-state index contributed by atoms with van der Waals surface area (Å²) in [7, 11) is -3.39. The number of H-pyrrole nitrogens is 1. The third-order valence-electron chi connectivity index (χ3n) is 2.74. The minimum Gasteiger partial charge on any atom is -0.349 e. The molecule has 1 aromatic carbocycles. The van der Waals surface area contributed by atoms with Crippen LogP contribution in [0.1, 0.15) is 17.8 Å². The summed E-state index contributed by atoms with van der Waals surface area (Å²) in [6, 6.07) is 5.44. The average Bonchev–Trinajstić information content (AvgIpc) is 2.90. The van der Waals surface area contributed by atoms with Crippen LogP contribution in [-0.4, -0.2) is 24.9 Å². The normalized spacial score (nSPS) is 11.7. The van der Waals surface area contributed by atoms with Crippen LogP contribution >= 0.6 is 0 Å². The van der Waals surface area contributed by atoms with Crippen molar-refractivity contribution in [3.8, 4) is 0 Å². The van der Waals surface area contributed by atoms with Crippen LogP contribution in [0, 0.1) is 5.82 Å². The van der Waals surface area contributed by atoms with Gasteiger partial charge >= 0.3 is 0 Å². The molecule has 1 heterocycles. The molecule has 0 saturated heterocycles. The number of rotatable bonds is 7. The lowest BCUT2D eigenvalue weighted by atomic mass is 10.2.